The zero-order valence-corrected chi connectivity index (χ0v) is 12.2. The maximum absolute atomic E-state index is 8.58. The average molecular weight is 271 g/mol. The molecule has 0 unspecified atom stereocenters. The molecule has 1 heterocycles. The monoisotopic (exact) mass is 271 g/mol. The molecular weight excluding hydrogens is 250 g/mol. The van der Waals surface area contributed by atoms with Gasteiger partial charge in [-0.1, -0.05) is 25.5 Å². The molecular formula is C16H21N3O. The van der Waals surface area contributed by atoms with Crippen molar-refractivity contribution in [2.75, 3.05) is 6.61 Å². The van der Waals surface area contributed by atoms with E-state index in [0.717, 1.165) is 36.2 Å². The van der Waals surface area contributed by atoms with Crippen molar-refractivity contribution in [3.63, 3.8) is 0 Å². The lowest BCUT2D eigenvalue weighted by Crippen LogP contribution is -2.10. The number of hydrogen-bond acceptors (Lipinski definition) is 3. The largest absolute Gasteiger partial charge is 0.370 e. The van der Waals surface area contributed by atoms with Gasteiger partial charge in [0.15, 0.2) is 0 Å². The van der Waals surface area contributed by atoms with Gasteiger partial charge in [0.25, 0.3) is 0 Å². The van der Waals surface area contributed by atoms with E-state index in [4.69, 9.17) is 15.0 Å². The molecule has 1 aromatic heterocycles. The van der Waals surface area contributed by atoms with E-state index in [-0.39, 0.29) is 6.10 Å². The molecule has 2 rings (SSSR count). The third kappa shape index (κ3) is 3.17. The molecule has 4 heteroatoms. The highest BCUT2D eigenvalue weighted by Gasteiger charge is 2.16. The average Bonchev–Trinajstić information content (AvgIpc) is 2.84. The molecule has 0 fully saturated rings. The quantitative estimate of drug-likeness (QED) is 0.719. The van der Waals surface area contributed by atoms with Crippen molar-refractivity contribution in [3.8, 4) is 6.07 Å². The first kappa shape index (κ1) is 14.5. The van der Waals surface area contributed by atoms with Gasteiger partial charge in [0.05, 0.1) is 30.1 Å². The van der Waals surface area contributed by atoms with E-state index < -0.39 is 0 Å². The number of aromatic nitrogens is 2. The molecule has 0 bridgehead atoms. The molecule has 0 saturated carbocycles. The molecule has 4 nitrogen and oxygen atoms in total. The Kier molecular flexibility index (Phi) is 5.14. The van der Waals surface area contributed by atoms with Crippen molar-refractivity contribution in [1.82, 2.24) is 9.55 Å². The van der Waals surface area contributed by atoms with E-state index in [1.54, 1.807) is 0 Å². The van der Waals surface area contributed by atoms with Gasteiger partial charge < -0.3 is 9.30 Å². The van der Waals surface area contributed by atoms with Crippen LogP contribution in [0.15, 0.2) is 24.3 Å². The van der Waals surface area contributed by atoms with E-state index in [1.165, 1.54) is 0 Å². The minimum absolute atomic E-state index is 0.0902. The van der Waals surface area contributed by atoms with E-state index in [1.807, 2.05) is 25.1 Å². The predicted octanol–water partition coefficient (Wildman–Crippen LogP) is 3.83. The molecule has 1 aromatic carbocycles. The third-order valence-corrected chi connectivity index (χ3v) is 3.36. The number of imidazole rings is 1. The minimum Gasteiger partial charge on any atom is -0.370 e. The first-order valence-corrected chi connectivity index (χ1v) is 7.21. The summed E-state index contributed by atoms with van der Waals surface area (Å²) in [5.41, 5.74) is 2.17. The Morgan fingerprint density at radius 2 is 2.20 bits per heavy atom. The lowest BCUT2D eigenvalue weighted by Gasteiger charge is -2.14. The number of para-hydroxylation sites is 2. The number of benzene rings is 1. The molecule has 0 aliphatic heterocycles. The predicted molar refractivity (Wildman–Crippen MR) is 79.2 cm³/mol. The summed E-state index contributed by atoms with van der Waals surface area (Å²) in [5.74, 6) is 0.956. The van der Waals surface area contributed by atoms with Gasteiger partial charge in [0.2, 0.25) is 0 Å². The van der Waals surface area contributed by atoms with E-state index >= 15 is 0 Å². The van der Waals surface area contributed by atoms with Crippen LogP contribution in [0.2, 0.25) is 0 Å². The Bertz CT molecular complexity index is 597. The topological polar surface area (TPSA) is 50.8 Å². The molecule has 0 saturated heterocycles. The highest BCUT2D eigenvalue weighted by molar-refractivity contribution is 5.75. The molecule has 2 aromatic rings. The van der Waals surface area contributed by atoms with Gasteiger partial charge in [0, 0.05) is 6.54 Å². The zero-order chi connectivity index (χ0) is 14.4. The second kappa shape index (κ2) is 7.06. The summed E-state index contributed by atoms with van der Waals surface area (Å²) in [7, 11) is 0. The lowest BCUT2D eigenvalue weighted by atomic mass is 10.3. The molecule has 0 N–H and O–H groups in total. The number of fused-ring (bicyclic) bond motifs is 1. The molecule has 20 heavy (non-hydrogen) atoms. The van der Waals surface area contributed by atoms with E-state index in [0.29, 0.717) is 13.0 Å². The molecule has 0 aliphatic rings. The highest BCUT2D eigenvalue weighted by atomic mass is 16.5. The minimum atomic E-state index is -0.0902. The fourth-order valence-corrected chi connectivity index (χ4v) is 2.31. The third-order valence-electron chi connectivity index (χ3n) is 3.36. The number of aryl methyl sites for hydroxylation is 1. The number of rotatable bonds is 7. The first-order chi connectivity index (χ1) is 9.77. The van der Waals surface area contributed by atoms with Crippen LogP contribution in [-0.4, -0.2) is 16.2 Å². The molecule has 0 spiro atoms. The van der Waals surface area contributed by atoms with Crippen LogP contribution in [0.4, 0.5) is 0 Å². The Hall–Kier alpha value is -1.86. The van der Waals surface area contributed by atoms with Gasteiger partial charge in [-0.25, -0.2) is 4.98 Å². The van der Waals surface area contributed by atoms with Gasteiger partial charge in [-0.05, 0) is 25.5 Å². The fraction of sp³-hybridized carbons (Fsp3) is 0.500. The molecule has 0 aliphatic carbocycles. The van der Waals surface area contributed by atoms with Gasteiger partial charge in [-0.15, -0.1) is 0 Å². The molecule has 0 radical (unpaired) electrons. The van der Waals surface area contributed by atoms with Crippen LogP contribution in [0, 0.1) is 11.3 Å². The molecule has 106 valence electrons. The number of hydrogen-bond donors (Lipinski definition) is 0. The summed E-state index contributed by atoms with van der Waals surface area (Å²) in [6, 6.07) is 10.3. The van der Waals surface area contributed by atoms with Crippen LogP contribution in [0.25, 0.3) is 11.0 Å². The second-order valence-electron chi connectivity index (χ2n) is 4.89. The summed E-state index contributed by atoms with van der Waals surface area (Å²) < 4.78 is 7.96. The van der Waals surface area contributed by atoms with Gasteiger partial charge in [0.1, 0.15) is 11.9 Å². The van der Waals surface area contributed by atoms with Crippen molar-refractivity contribution in [2.24, 2.45) is 0 Å². The van der Waals surface area contributed by atoms with Crippen LogP contribution < -0.4 is 0 Å². The molecule has 0 amide bonds. The van der Waals surface area contributed by atoms with Crippen LogP contribution >= 0.6 is 0 Å². The Labute approximate surface area is 120 Å². The Morgan fingerprint density at radius 3 is 2.95 bits per heavy atom. The summed E-state index contributed by atoms with van der Waals surface area (Å²) in [6.07, 6.45) is 2.60. The van der Waals surface area contributed by atoms with Gasteiger partial charge >= 0.3 is 0 Å². The first-order valence-electron chi connectivity index (χ1n) is 7.21. The van der Waals surface area contributed by atoms with Crippen molar-refractivity contribution in [1.29, 1.82) is 5.26 Å². The Morgan fingerprint density at radius 1 is 1.40 bits per heavy atom. The summed E-state index contributed by atoms with van der Waals surface area (Å²) in [5, 5.41) is 8.58. The van der Waals surface area contributed by atoms with Gasteiger partial charge in [-0.3, -0.25) is 0 Å². The SMILES string of the molecule is CCCCn1c([C@H](C)OCCC#N)nc2ccccc21. The van der Waals surface area contributed by atoms with Crippen LogP contribution in [0.3, 0.4) is 0 Å². The van der Waals surface area contributed by atoms with Crippen molar-refractivity contribution in [2.45, 2.75) is 45.8 Å². The van der Waals surface area contributed by atoms with Crippen LogP contribution in [-0.2, 0) is 11.3 Å². The standard InChI is InChI=1S/C16H21N3O/c1-3-4-11-19-15-9-6-5-8-14(15)18-16(19)13(2)20-12-7-10-17/h5-6,8-9,13H,3-4,7,11-12H2,1-2H3/t13-/m0/s1. The summed E-state index contributed by atoms with van der Waals surface area (Å²) in [6.45, 7) is 5.60. The van der Waals surface area contributed by atoms with Crippen LogP contribution in [0.1, 0.15) is 45.0 Å². The number of nitriles is 1. The maximum Gasteiger partial charge on any atom is 0.138 e. The number of nitrogens with zero attached hydrogens (tertiary/aromatic N) is 3. The summed E-state index contributed by atoms with van der Waals surface area (Å²) in [4.78, 5) is 4.70. The number of ether oxygens (including phenoxy) is 1. The summed E-state index contributed by atoms with van der Waals surface area (Å²) >= 11 is 0. The van der Waals surface area contributed by atoms with Crippen molar-refractivity contribution < 1.29 is 4.74 Å². The fourth-order valence-electron chi connectivity index (χ4n) is 2.31. The van der Waals surface area contributed by atoms with Crippen LogP contribution in [0.5, 0.6) is 0 Å². The zero-order valence-electron chi connectivity index (χ0n) is 12.2. The van der Waals surface area contributed by atoms with Crippen molar-refractivity contribution in [3.05, 3.63) is 30.1 Å². The Balaban J connectivity index is 2.28. The number of unbranched alkanes of at least 4 members (excludes halogenated alkanes) is 1. The molecule has 1 atom stereocenters. The highest BCUT2D eigenvalue weighted by Crippen LogP contribution is 2.23. The smallest absolute Gasteiger partial charge is 0.138 e. The maximum atomic E-state index is 8.58. The normalized spacial score (nSPS) is 12.4. The van der Waals surface area contributed by atoms with Gasteiger partial charge in [-0.2, -0.15) is 5.26 Å². The lowest BCUT2D eigenvalue weighted by molar-refractivity contribution is 0.0616. The van der Waals surface area contributed by atoms with E-state index in [2.05, 4.69) is 23.6 Å². The van der Waals surface area contributed by atoms with E-state index in [9.17, 15) is 0 Å². The van der Waals surface area contributed by atoms with Crippen molar-refractivity contribution >= 4 is 11.0 Å². The second-order valence-corrected chi connectivity index (χ2v) is 4.89.